The summed E-state index contributed by atoms with van der Waals surface area (Å²) in [5.74, 6) is 0. The predicted octanol–water partition coefficient (Wildman–Crippen LogP) is 3.94. The molecule has 0 saturated heterocycles. The molecular formula is C11H17MnN. The quantitative estimate of drug-likeness (QED) is 0.413. The number of benzene rings is 1. The van der Waals surface area contributed by atoms with Gasteiger partial charge in [0.05, 0.1) is 0 Å². The Hall–Kier alpha value is -0.461. The summed E-state index contributed by atoms with van der Waals surface area (Å²) in [6, 6.07) is 10.1. The Balaban J connectivity index is 0. The molecule has 1 radical (unpaired) electrons. The van der Waals surface area contributed by atoms with E-state index in [-0.39, 0.29) is 24.5 Å². The second-order valence-corrected chi connectivity index (χ2v) is 2.57. The molecule has 0 bridgehead atoms. The third-order valence-electron chi connectivity index (χ3n) is 1.56. The minimum Gasteiger partial charge on any atom is -0.684 e. The zero-order valence-electron chi connectivity index (χ0n) is 8.33. The van der Waals surface area contributed by atoms with Crippen molar-refractivity contribution >= 4 is 5.69 Å². The van der Waals surface area contributed by atoms with Crippen LogP contribution in [0.4, 0.5) is 5.69 Å². The van der Waals surface area contributed by atoms with Gasteiger partial charge in [-0.05, 0) is 0 Å². The largest absolute Gasteiger partial charge is 2.00 e. The van der Waals surface area contributed by atoms with E-state index in [2.05, 4.69) is 12.2 Å². The molecule has 1 aromatic carbocycles. The first-order valence-corrected chi connectivity index (χ1v) is 4.16. The van der Waals surface area contributed by atoms with Crippen LogP contribution < -0.4 is 0 Å². The minimum absolute atomic E-state index is 0. The Morgan fingerprint density at radius 1 is 1.15 bits per heavy atom. The molecule has 1 nitrogen and oxygen atoms in total. The van der Waals surface area contributed by atoms with Gasteiger partial charge in [-0.3, -0.25) is 0 Å². The average molecular weight is 218 g/mol. The maximum atomic E-state index is 4.40. The van der Waals surface area contributed by atoms with Gasteiger partial charge < -0.3 is 12.7 Å². The Kier molecular flexibility index (Phi) is 11.1. The van der Waals surface area contributed by atoms with Crippen LogP contribution in [0.5, 0.6) is 0 Å². The zero-order chi connectivity index (χ0) is 7.94. The smallest absolute Gasteiger partial charge is 0.684 e. The zero-order valence-corrected chi connectivity index (χ0v) is 9.51. The molecule has 0 heterocycles. The third kappa shape index (κ3) is 6.68. The fourth-order valence-electron chi connectivity index (χ4n) is 0.900. The first-order chi connectivity index (χ1) is 5.43. The van der Waals surface area contributed by atoms with Crippen molar-refractivity contribution in [1.29, 1.82) is 0 Å². The molecule has 1 rings (SSSR count). The molecule has 0 N–H and O–H groups in total. The van der Waals surface area contributed by atoms with Crippen LogP contribution in [0, 0.1) is 7.43 Å². The number of nitrogens with zero attached hydrogens (tertiary/aromatic N) is 1. The van der Waals surface area contributed by atoms with Crippen LogP contribution in [0.1, 0.15) is 19.8 Å². The molecular weight excluding hydrogens is 201 g/mol. The van der Waals surface area contributed by atoms with Crippen molar-refractivity contribution in [1.82, 2.24) is 0 Å². The summed E-state index contributed by atoms with van der Waals surface area (Å²) in [7, 11) is 0. The molecule has 0 aliphatic carbocycles. The summed E-state index contributed by atoms with van der Waals surface area (Å²) in [6.45, 7) is 3.14. The molecule has 0 unspecified atom stereocenters. The second-order valence-electron chi connectivity index (χ2n) is 2.57. The molecule has 13 heavy (non-hydrogen) atoms. The van der Waals surface area contributed by atoms with E-state index in [9.17, 15) is 0 Å². The van der Waals surface area contributed by atoms with E-state index in [1.807, 2.05) is 30.3 Å². The Morgan fingerprint density at radius 3 is 2.31 bits per heavy atom. The Labute approximate surface area is 92.4 Å². The predicted molar refractivity (Wildman–Crippen MR) is 55.7 cm³/mol. The topological polar surface area (TPSA) is 14.1 Å². The van der Waals surface area contributed by atoms with Gasteiger partial charge in [-0.1, -0.05) is 50.1 Å². The molecule has 1 aromatic rings. The second kappa shape index (κ2) is 9.63. The van der Waals surface area contributed by atoms with Gasteiger partial charge in [0.2, 0.25) is 0 Å². The molecule has 0 saturated carbocycles. The Morgan fingerprint density at radius 2 is 1.77 bits per heavy atom. The first kappa shape index (κ1) is 15.0. The normalized spacial score (nSPS) is 8.08. The maximum Gasteiger partial charge on any atom is 2.00 e. The van der Waals surface area contributed by atoms with Crippen molar-refractivity contribution < 1.29 is 17.1 Å². The van der Waals surface area contributed by atoms with Crippen LogP contribution in [0.15, 0.2) is 30.3 Å². The fraction of sp³-hybridized carbons (Fsp3) is 0.364. The van der Waals surface area contributed by atoms with Gasteiger partial charge in [0.15, 0.2) is 0 Å². The van der Waals surface area contributed by atoms with E-state index in [4.69, 9.17) is 0 Å². The molecule has 0 amide bonds. The summed E-state index contributed by atoms with van der Waals surface area (Å²) in [5.41, 5.74) is 1.10. The van der Waals surface area contributed by atoms with E-state index >= 15 is 0 Å². The molecule has 0 atom stereocenters. The summed E-state index contributed by atoms with van der Waals surface area (Å²) >= 11 is 0. The van der Waals surface area contributed by atoms with Crippen molar-refractivity contribution in [3.05, 3.63) is 43.1 Å². The van der Waals surface area contributed by atoms with Gasteiger partial charge in [-0.25, -0.2) is 0 Å². The van der Waals surface area contributed by atoms with Crippen LogP contribution in [0.2, 0.25) is 0 Å². The minimum atomic E-state index is 0. The molecule has 0 aliphatic heterocycles. The molecule has 0 fully saturated rings. The third-order valence-corrected chi connectivity index (χ3v) is 1.56. The van der Waals surface area contributed by atoms with Gasteiger partial charge in [-0.15, -0.1) is 12.2 Å². The van der Waals surface area contributed by atoms with Crippen molar-refractivity contribution in [2.24, 2.45) is 0 Å². The van der Waals surface area contributed by atoms with E-state index in [1.165, 1.54) is 12.8 Å². The standard InChI is InChI=1S/C10H14N.CH3.Mn/c1-2-3-9-11-10-7-5-4-6-8-10;;/h4-8H,2-3,9H2,1H3;1H3;/q2*-1;+2. The van der Waals surface area contributed by atoms with Crippen molar-refractivity contribution in [3.8, 4) is 0 Å². The Bertz CT molecular complexity index is 187. The summed E-state index contributed by atoms with van der Waals surface area (Å²) < 4.78 is 0. The fourth-order valence-corrected chi connectivity index (χ4v) is 0.900. The SMILES string of the molecule is CCCC[N-]c1ccccc1.[CH3-].[Mn+2]. The van der Waals surface area contributed by atoms with Crippen LogP contribution in [0.25, 0.3) is 5.32 Å². The van der Waals surface area contributed by atoms with E-state index in [1.54, 1.807) is 0 Å². The van der Waals surface area contributed by atoms with Crippen LogP contribution >= 0.6 is 0 Å². The van der Waals surface area contributed by atoms with Gasteiger partial charge in [0, 0.05) is 0 Å². The van der Waals surface area contributed by atoms with Gasteiger partial charge >= 0.3 is 17.1 Å². The van der Waals surface area contributed by atoms with E-state index in [0.717, 1.165) is 12.2 Å². The van der Waals surface area contributed by atoms with E-state index in [0.29, 0.717) is 0 Å². The molecule has 0 aliphatic rings. The van der Waals surface area contributed by atoms with Crippen LogP contribution in [-0.2, 0) is 17.1 Å². The average Bonchev–Trinajstić information content (AvgIpc) is 2.07. The number of unbranched alkanes of at least 4 members (excludes halogenated alkanes) is 1. The first-order valence-electron chi connectivity index (χ1n) is 4.16. The van der Waals surface area contributed by atoms with E-state index < -0.39 is 0 Å². The van der Waals surface area contributed by atoms with Gasteiger partial charge in [0.25, 0.3) is 0 Å². The summed E-state index contributed by atoms with van der Waals surface area (Å²) in [4.78, 5) is 0. The van der Waals surface area contributed by atoms with Crippen LogP contribution in [0.3, 0.4) is 0 Å². The number of hydrogen-bond acceptors (Lipinski definition) is 0. The van der Waals surface area contributed by atoms with Crippen molar-refractivity contribution in [3.63, 3.8) is 0 Å². The summed E-state index contributed by atoms with van der Waals surface area (Å²) in [6.07, 6.45) is 2.41. The summed E-state index contributed by atoms with van der Waals surface area (Å²) in [5, 5.41) is 4.40. The number of hydrogen-bond donors (Lipinski definition) is 0. The van der Waals surface area contributed by atoms with Gasteiger partial charge in [0.1, 0.15) is 0 Å². The molecule has 0 spiro atoms. The maximum absolute atomic E-state index is 4.40. The molecule has 0 aromatic heterocycles. The van der Waals surface area contributed by atoms with Crippen LogP contribution in [-0.4, -0.2) is 6.54 Å². The number of para-hydroxylation sites is 1. The monoisotopic (exact) mass is 218 g/mol. The number of rotatable bonds is 4. The van der Waals surface area contributed by atoms with Crippen molar-refractivity contribution in [2.45, 2.75) is 19.8 Å². The van der Waals surface area contributed by atoms with Gasteiger partial charge in [-0.2, -0.15) is 0 Å². The van der Waals surface area contributed by atoms with Crippen molar-refractivity contribution in [2.75, 3.05) is 6.54 Å². The molecule has 73 valence electrons. The molecule has 2 heteroatoms.